The number of aromatic carboxylic acids is 1. The predicted molar refractivity (Wildman–Crippen MR) is 101 cm³/mol. The van der Waals surface area contributed by atoms with E-state index in [1.807, 2.05) is 45.8 Å². The zero-order chi connectivity index (χ0) is 18.8. The number of amides is 1. The molecule has 6 nitrogen and oxygen atoms in total. The molecular weight excluding hydrogens is 342 g/mol. The summed E-state index contributed by atoms with van der Waals surface area (Å²) in [5, 5.41) is 9.33. The predicted octanol–water partition coefficient (Wildman–Crippen LogP) is 3.13. The zero-order valence-electron chi connectivity index (χ0n) is 14.9. The van der Waals surface area contributed by atoms with Gasteiger partial charge in [-0.2, -0.15) is 0 Å². The normalized spacial score (nSPS) is 15.2. The fourth-order valence-electron chi connectivity index (χ4n) is 3.76. The SMILES string of the molecule is O=C(O)c1ccccc1CC1CCN(C(=O)c2cn3ccccc3n2)CC1. The lowest BCUT2D eigenvalue weighted by molar-refractivity contribution is 0.0685. The molecule has 6 heteroatoms. The molecule has 0 saturated carbocycles. The van der Waals surface area contributed by atoms with E-state index in [4.69, 9.17) is 0 Å². The lowest BCUT2D eigenvalue weighted by atomic mass is 9.88. The summed E-state index contributed by atoms with van der Waals surface area (Å²) in [5.41, 5.74) is 2.48. The molecule has 138 valence electrons. The lowest BCUT2D eigenvalue weighted by Crippen LogP contribution is -2.39. The second-order valence-electron chi connectivity index (χ2n) is 6.99. The molecule has 0 unspecified atom stereocenters. The van der Waals surface area contributed by atoms with E-state index in [0.29, 0.717) is 30.3 Å². The number of benzene rings is 1. The van der Waals surface area contributed by atoms with E-state index in [1.54, 1.807) is 18.3 Å². The number of nitrogens with zero attached hydrogens (tertiary/aromatic N) is 3. The monoisotopic (exact) mass is 363 g/mol. The van der Waals surface area contributed by atoms with Gasteiger partial charge in [0.25, 0.3) is 5.91 Å². The van der Waals surface area contributed by atoms with Crippen LogP contribution in [0.2, 0.25) is 0 Å². The lowest BCUT2D eigenvalue weighted by Gasteiger charge is -2.31. The molecule has 0 aliphatic carbocycles. The van der Waals surface area contributed by atoms with Crippen LogP contribution in [0.15, 0.2) is 54.9 Å². The van der Waals surface area contributed by atoms with Crippen LogP contribution in [0.5, 0.6) is 0 Å². The summed E-state index contributed by atoms with van der Waals surface area (Å²) in [6.45, 7) is 1.35. The number of piperidine rings is 1. The Balaban J connectivity index is 1.40. The largest absolute Gasteiger partial charge is 0.478 e. The van der Waals surface area contributed by atoms with E-state index in [-0.39, 0.29) is 5.91 Å². The van der Waals surface area contributed by atoms with Gasteiger partial charge in [0.1, 0.15) is 11.3 Å². The number of imidazole rings is 1. The summed E-state index contributed by atoms with van der Waals surface area (Å²) in [6.07, 6.45) is 6.12. The van der Waals surface area contributed by atoms with Crippen molar-refractivity contribution in [2.24, 2.45) is 5.92 Å². The highest BCUT2D eigenvalue weighted by molar-refractivity contribution is 5.93. The van der Waals surface area contributed by atoms with E-state index < -0.39 is 5.97 Å². The number of carboxylic acids is 1. The fraction of sp³-hybridized carbons (Fsp3) is 0.286. The highest BCUT2D eigenvalue weighted by atomic mass is 16.4. The van der Waals surface area contributed by atoms with Gasteiger partial charge in [0, 0.05) is 25.5 Å². The molecule has 1 aliphatic rings. The Kier molecular flexibility index (Phi) is 4.62. The summed E-state index contributed by atoms with van der Waals surface area (Å²) in [4.78, 5) is 30.4. The maximum Gasteiger partial charge on any atom is 0.335 e. The highest BCUT2D eigenvalue weighted by Crippen LogP contribution is 2.24. The standard InChI is InChI=1S/C21H21N3O3/c25-20(18-14-24-10-4-3-7-19(24)22-18)23-11-8-15(9-12-23)13-16-5-1-2-6-17(16)21(26)27/h1-7,10,14-15H,8-9,11-13H2,(H,26,27). The number of likely N-dealkylation sites (tertiary alicyclic amines) is 1. The molecule has 1 saturated heterocycles. The number of aromatic nitrogens is 2. The van der Waals surface area contributed by atoms with Gasteiger partial charge in [-0.3, -0.25) is 4.79 Å². The molecule has 4 rings (SSSR count). The third-order valence-corrected chi connectivity index (χ3v) is 5.24. The molecule has 0 radical (unpaired) electrons. The number of carbonyl (C=O) groups is 2. The average Bonchev–Trinajstić information content (AvgIpc) is 3.12. The van der Waals surface area contributed by atoms with E-state index in [2.05, 4.69) is 4.98 Å². The number of pyridine rings is 1. The molecule has 3 heterocycles. The Labute approximate surface area is 157 Å². The van der Waals surface area contributed by atoms with Crippen molar-refractivity contribution in [2.75, 3.05) is 13.1 Å². The van der Waals surface area contributed by atoms with Crippen LogP contribution in [0.3, 0.4) is 0 Å². The van der Waals surface area contributed by atoms with Crippen LogP contribution < -0.4 is 0 Å². The van der Waals surface area contributed by atoms with Crippen LogP contribution in [0.4, 0.5) is 0 Å². The van der Waals surface area contributed by atoms with Gasteiger partial charge in [0.2, 0.25) is 0 Å². The van der Waals surface area contributed by atoms with Crippen LogP contribution in [0.25, 0.3) is 5.65 Å². The third-order valence-electron chi connectivity index (χ3n) is 5.24. The number of hydrogen-bond donors (Lipinski definition) is 1. The van der Waals surface area contributed by atoms with E-state index in [0.717, 1.165) is 30.5 Å². The van der Waals surface area contributed by atoms with E-state index in [1.165, 1.54) is 0 Å². The molecule has 1 fully saturated rings. The van der Waals surface area contributed by atoms with Gasteiger partial charge < -0.3 is 14.4 Å². The number of hydrogen-bond acceptors (Lipinski definition) is 3. The Morgan fingerprint density at radius 3 is 2.56 bits per heavy atom. The molecule has 0 bridgehead atoms. The Bertz CT molecular complexity index is 954. The first-order chi connectivity index (χ1) is 13.1. The summed E-state index contributed by atoms with van der Waals surface area (Å²) in [5.74, 6) is -0.538. The van der Waals surface area contributed by atoms with Crippen LogP contribution in [-0.2, 0) is 6.42 Å². The minimum atomic E-state index is -0.884. The van der Waals surface area contributed by atoms with Crippen molar-refractivity contribution in [3.8, 4) is 0 Å². The molecular formula is C21H21N3O3. The smallest absolute Gasteiger partial charge is 0.335 e. The first-order valence-corrected chi connectivity index (χ1v) is 9.16. The average molecular weight is 363 g/mol. The van der Waals surface area contributed by atoms with Crippen LogP contribution in [0, 0.1) is 5.92 Å². The maximum atomic E-state index is 12.8. The molecule has 1 aliphatic heterocycles. The number of rotatable bonds is 4. The minimum absolute atomic E-state index is 0.0388. The van der Waals surface area contributed by atoms with E-state index in [9.17, 15) is 14.7 Å². The first-order valence-electron chi connectivity index (χ1n) is 9.16. The summed E-state index contributed by atoms with van der Waals surface area (Å²) < 4.78 is 1.85. The quantitative estimate of drug-likeness (QED) is 0.773. The summed E-state index contributed by atoms with van der Waals surface area (Å²) in [6, 6.07) is 12.9. The van der Waals surface area contributed by atoms with Gasteiger partial charge in [-0.05, 0) is 48.9 Å². The van der Waals surface area contributed by atoms with Gasteiger partial charge in [0.15, 0.2) is 0 Å². The Morgan fingerprint density at radius 2 is 1.81 bits per heavy atom. The number of carbonyl (C=O) groups excluding carboxylic acids is 1. The van der Waals surface area contributed by atoms with Crippen molar-refractivity contribution in [3.63, 3.8) is 0 Å². The first kappa shape index (κ1) is 17.3. The van der Waals surface area contributed by atoms with Crippen molar-refractivity contribution in [3.05, 3.63) is 71.7 Å². The van der Waals surface area contributed by atoms with Crippen molar-refractivity contribution >= 4 is 17.5 Å². The van der Waals surface area contributed by atoms with Crippen molar-refractivity contribution < 1.29 is 14.7 Å². The van der Waals surface area contributed by atoms with Gasteiger partial charge in [0.05, 0.1) is 5.56 Å². The molecule has 3 aromatic rings. The molecule has 1 amide bonds. The summed E-state index contributed by atoms with van der Waals surface area (Å²) >= 11 is 0. The number of carboxylic acid groups (broad SMARTS) is 1. The molecule has 1 aromatic carbocycles. The van der Waals surface area contributed by atoms with Crippen LogP contribution in [0.1, 0.15) is 39.3 Å². The molecule has 0 atom stereocenters. The topological polar surface area (TPSA) is 74.9 Å². The van der Waals surface area contributed by atoms with Crippen molar-refractivity contribution in [1.29, 1.82) is 0 Å². The molecule has 2 aromatic heterocycles. The van der Waals surface area contributed by atoms with Gasteiger partial charge >= 0.3 is 5.97 Å². The Morgan fingerprint density at radius 1 is 1.07 bits per heavy atom. The Hall–Kier alpha value is -3.15. The van der Waals surface area contributed by atoms with E-state index >= 15 is 0 Å². The second-order valence-corrected chi connectivity index (χ2v) is 6.99. The van der Waals surface area contributed by atoms with Gasteiger partial charge in [-0.25, -0.2) is 9.78 Å². The third kappa shape index (κ3) is 3.56. The fourth-order valence-corrected chi connectivity index (χ4v) is 3.76. The highest BCUT2D eigenvalue weighted by Gasteiger charge is 2.26. The zero-order valence-corrected chi connectivity index (χ0v) is 14.9. The number of fused-ring (bicyclic) bond motifs is 1. The van der Waals surface area contributed by atoms with Crippen molar-refractivity contribution in [2.45, 2.75) is 19.3 Å². The second kappa shape index (κ2) is 7.23. The molecule has 1 N–H and O–H groups in total. The van der Waals surface area contributed by atoms with Crippen molar-refractivity contribution in [1.82, 2.24) is 14.3 Å². The molecule has 0 spiro atoms. The summed E-state index contributed by atoms with van der Waals surface area (Å²) in [7, 11) is 0. The van der Waals surface area contributed by atoms with Gasteiger partial charge in [-0.1, -0.05) is 24.3 Å². The van der Waals surface area contributed by atoms with Crippen LogP contribution in [-0.4, -0.2) is 44.4 Å². The van der Waals surface area contributed by atoms with Gasteiger partial charge in [-0.15, -0.1) is 0 Å². The van der Waals surface area contributed by atoms with Crippen LogP contribution >= 0.6 is 0 Å². The molecule has 27 heavy (non-hydrogen) atoms. The minimum Gasteiger partial charge on any atom is -0.478 e. The maximum absolute atomic E-state index is 12.8.